The first-order chi connectivity index (χ1) is 8.43. The van der Waals surface area contributed by atoms with Crippen molar-refractivity contribution in [2.45, 2.75) is 44.6 Å². The fraction of sp³-hybridized carbons (Fsp3) is 0.692. The molecule has 1 aliphatic heterocycles. The van der Waals surface area contributed by atoms with E-state index in [0.29, 0.717) is 6.04 Å². The number of rotatable bonds is 2. The number of hydrogen-bond acceptors (Lipinski definition) is 4. The van der Waals surface area contributed by atoms with E-state index in [1.807, 2.05) is 0 Å². The molecule has 1 saturated heterocycles. The smallest absolute Gasteiger partial charge is 0.133 e. The summed E-state index contributed by atoms with van der Waals surface area (Å²) in [5.41, 5.74) is 2.63. The molecule has 92 valence electrons. The van der Waals surface area contributed by atoms with Gasteiger partial charge in [-0.25, -0.2) is 9.97 Å². The van der Waals surface area contributed by atoms with E-state index in [9.17, 15) is 0 Å². The molecule has 0 saturated carbocycles. The van der Waals surface area contributed by atoms with Gasteiger partial charge in [-0.2, -0.15) is 0 Å². The van der Waals surface area contributed by atoms with Crippen LogP contribution in [0.2, 0.25) is 0 Å². The molecular formula is C13H20N4. The van der Waals surface area contributed by atoms with E-state index in [4.69, 9.17) is 0 Å². The maximum Gasteiger partial charge on any atom is 0.133 e. The zero-order valence-corrected chi connectivity index (χ0v) is 10.2. The Morgan fingerprint density at radius 1 is 1.18 bits per heavy atom. The molecule has 1 fully saturated rings. The molecule has 1 aromatic heterocycles. The van der Waals surface area contributed by atoms with Crippen LogP contribution in [0.1, 0.15) is 36.9 Å². The topological polar surface area (TPSA) is 49.8 Å². The van der Waals surface area contributed by atoms with Crippen LogP contribution < -0.4 is 10.6 Å². The maximum absolute atomic E-state index is 4.44. The Morgan fingerprint density at radius 3 is 3.00 bits per heavy atom. The zero-order chi connectivity index (χ0) is 11.5. The van der Waals surface area contributed by atoms with Crippen molar-refractivity contribution in [3.8, 4) is 0 Å². The van der Waals surface area contributed by atoms with Gasteiger partial charge in [-0.3, -0.25) is 0 Å². The molecule has 3 rings (SSSR count). The Bertz CT molecular complexity index is 385. The van der Waals surface area contributed by atoms with Crippen LogP contribution in [0, 0.1) is 0 Å². The molecule has 1 atom stereocenters. The fourth-order valence-corrected chi connectivity index (χ4v) is 2.81. The lowest BCUT2D eigenvalue weighted by atomic mass is 9.96. The molecule has 1 unspecified atom stereocenters. The van der Waals surface area contributed by atoms with Gasteiger partial charge in [0.2, 0.25) is 0 Å². The van der Waals surface area contributed by atoms with Crippen molar-refractivity contribution in [1.82, 2.24) is 15.3 Å². The summed E-state index contributed by atoms with van der Waals surface area (Å²) in [6.07, 6.45) is 9.01. The lowest BCUT2D eigenvalue weighted by Crippen LogP contribution is -2.39. The molecular weight excluding hydrogens is 212 g/mol. The van der Waals surface area contributed by atoms with Gasteiger partial charge in [-0.05, 0) is 45.1 Å². The van der Waals surface area contributed by atoms with E-state index in [1.165, 1.54) is 36.9 Å². The Balaban J connectivity index is 1.77. The van der Waals surface area contributed by atoms with Crippen LogP contribution in [0.3, 0.4) is 0 Å². The number of nitrogens with one attached hydrogen (secondary N) is 2. The third-order valence-electron chi connectivity index (χ3n) is 3.76. The summed E-state index contributed by atoms with van der Waals surface area (Å²) in [6, 6.07) is 0.532. The molecule has 1 aliphatic carbocycles. The Labute approximate surface area is 102 Å². The third kappa shape index (κ3) is 2.41. The number of nitrogens with zero attached hydrogens (tertiary/aromatic N) is 2. The second kappa shape index (κ2) is 5.00. The van der Waals surface area contributed by atoms with Crippen LogP contribution in [0.15, 0.2) is 6.33 Å². The number of piperidine rings is 1. The molecule has 1 aromatic rings. The second-order valence-corrected chi connectivity index (χ2v) is 5.04. The van der Waals surface area contributed by atoms with E-state index in [1.54, 1.807) is 6.33 Å². The van der Waals surface area contributed by atoms with E-state index in [0.717, 1.165) is 31.7 Å². The molecule has 0 bridgehead atoms. The minimum absolute atomic E-state index is 0.532. The highest BCUT2D eigenvalue weighted by Crippen LogP contribution is 2.25. The highest BCUT2D eigenvalue weighted by molar-refractivity contribution is 5.47. The molecule has 2 N–H and O–H groups in total. The predicted octanol–water partition coefficient (Wildman–Crippen LogP) is 1.52. The van der Waals surface area contributed by atoms with Gasteiger partial charge >= 0.3 is 0 Å². The molecule has 0 amide bonds. The number of hydrogen-bond donors (Lipinski definition) is 2. The number of anilines is 1. The lowest BCUT2D eigenvalue weighted by molar-refractivity contribution is 0.478. The van der Waals surface area contributed by atoms with Crippen molar-refractivity contribution < 1.29 is 0 Å². The van der Waals surface area contributed by atoms with Crippen molar-refractivity contribution in [3.05, 3.63) is 17.6 Å². The van der Waals surface area contributed by atoms with E-state index >= 15 is 0 Å². The average molecular weight is 232 g/mol. The van der Waals surface area contributed by atoms with Gasteiger partial charge in [0.25, 0.3) is 0 Å². The summed E-state index contributed by atoms with van der Waals surface area (Å²) in [6.45, 7) is 2.21. The summed E-state index contributed by atoms with van der Waals surface area (Å²) >= 11 is 0. The quantitative estimate of drug-likeness (QED) is 0.811. The van der Waals surface area contributed by atoms with Crippen LogP contribution >= 0.6 is 0 Å². The van der Waals surface area contributed by atoms with E-state index in [2.05, 4.69) is 20.6 Å². The van der Waals surface area contributed by atoms with Crippen LogP contribution in [-0.2, 0) is 12.8 Å². The number of fused-ring (bicyclic) bond motifs is 1. The minimum atomic E-state index is 0.532. The van der Waals surface area contributed by atoms with Crippen LogP contribution in [0.25, 0.3) is 0 Å². The van der Waals surface area contributed by atoms with Gasteiger partial charge in [0.15, 0.2) is 0 Å². The van der Waals surface area contributed by atoms with Gasteiger partial charge in [-0.15, -0.1) is 0 Å². The predicted molar refractivity (Wildman–Crippen MR) is 68.2 cm³/mol. The van der Waals surface area contributed by atoms with Gasteiger partial charge in [0, 0.05) is 23.8 Å². The SMILES string of the molecule is c1nc2c(c(NC3CCCNC3)n1)CCCC2. The molecule has 0 aromatic carbocycles. The molecule has 4 heteroatoms. The van der Waals surface area contributed by atoms with E-state index in [-0.39, 0.29) is 0 Å². The number of aromatic nitrogens is 2. The summed E-state index contributed by atoms with van der Waals surface area (Å²) < 4.78 is 0. The molecule has 0 radical (unpaired) electrons. The number of aryl methyl sites for hydroxylation is 1. The maximum atomic E-state index is 4.44. The van der Waals surface area contributed by atoms with Crippen molar-refractivity contribution in [1.29, 1.82) is 0 Å². The van der Waals surface area contributed by atoms with Gasteiger partial charge in [0.1, 0.15) is 12.1 Å². The van der Waals surface area contributed by atoms with Crippen molar-refractivity contribution in [3.63, 3.8) is 0 Å². The fourth-order valence-electron chi connectivity index (χ4n) is 2.81. The zero-order valence-electron chi connectivity index (χ0n) is 10.2. The second-order valence-electron chi connectivity index (χ2n) is 5.04. The molecule has 0 spiro atoms. The molecule has 17 heavy (non-hydrogen) atoms. The Kier molecular flexibility index (Phi) is 3.22. The first-order valence-corrected chi connectivity index (χ1v) is 6.73. The summed E-state index contributed by atoms with van der Waals surface area (Å²) in [4.78, 5) is 8.84. The molecule has 2 aliphatic rings. The Hall–Kier alpha value is -1.16. The first kappa shape index (κ1) is 11.0. The van der Waals surface area contributed by atoms with Crippen LogP contribution in [0.4, 0.5) is 5.82 Å². The normalized spacial score (nSPS) is 24.1. The highest BCUT2D eigenvalue weighted by Gasteiger charge is 2.18. The van der Waals surface area contributed by atoms with E-state index < -0.39 is 0 Å². The minimum Gasteiger partial charge on any atom is -0.366 e. The van der Waals surface area contributed by atoms with Crippen molar-refractivity contribution >= 4 is 5.82 Å². The standard InChI is InChI=1S/C13H20N4/c1-2-6-12-11(5-1)13(16-9-15-12)17-10-4-3-7-14-8-10/h9-10,14H,1-8H2,(H,15,16,17). The van der Waals surface area contributed by atoms with Crippen LogP contribution in [0.5, 0.6) is 0 Å². The summed E-state index contributed by atoms with van der Waals surface area (Å²) in [7, 11) is 0. The largest absolute Gasteiger partial charge is 0.366 e. The van der Waals surface area contributed by atoms with Crippen molar-refractivity contribution in [2.24, 2.45) is 0 Å². The first-order valence-electron chi connectivity index (χ1n) is 6.73. The van der Waals surface area contributed by atoms with Crippen molar-refractivity contribution in [2.75, 3.05) is 18.4 Å². The third-order valence-corrected chi connectivity index (χ3v) is 3.76. The summed E-state index contributed by atoms with van der Waals surface area (Å²) in [5, 5.41) is 7.02. The molecule has 4 nitrogen and oxygen atoms in total. The highest BCUT2D eigenvalue weighted by atomic mass is 15.1. The Morgan fingerprint density at radius 2 is 2.12 bits per heavy atom. The van der Waals surface area contributed by atoms with Gasteiger partial charge in [-0.1, -0.05) is 0 Å². The lowest BCUT2D eigenvalue weighted by Gasteiger charge is -2.26. The monoisotopic (exact) mass is 232 g/mol. The van der Waals surface area contributed by atoms with Gasteiger partial charge < -0.3 is 10.6 Å². The average Bonchev–Trinajstić information content (AvgIpc) is 2.40. The molecule has 2 heterocycles. The summed E-state index contributed by atoms with van der Waals surface area (Å²) in [5.74, 6) is 1.09. The van der Waals surface area contributed by atoms with Gasteiger partial charge in [0.05, 0.1) is 0 Å². The van der Waals surface area contributed by atoms with Crippen LogP contribution in [-0.4, -0.2) is 29.1 Å².